The number of hydrogen-bond donors (Lipinski definition) is 1. The standard InChI is InChI=1S/C12H20O5/c1-5-6-14-10-12(4)9(8(7-13)15-10)16-11(2,3)17-12/h5,8-10,13H,1,6-7H2,2-4H3/t8-,9+,10-,12+/m1/s1. The van der Waals surface area contributed by atoms with Gasteiger partial charge in [0.25, 0.3) is 0 Å². The van der Waals surface area contributed by atoms with Crippen molar-refractivity contribution in [2.45, 2.75) is 50.7 Å². The van der Waals surface area contributed by atoms with Gasteiger partial charge < -0.3 is 24.1 Å². The Labute approximate surface area is 101 Å². The molecule has 2 aliphatic rings. The molecule has 4 atom stereocenters. The van der Waals surface area contributed by atoms with Gasteiger partial charge in [0, 0.05) is 0 Å². The lowest BCUT2D eigenvalue weighted by Crippen LogP contribution is -2.45. The van der Waals surface area contributed by atoms with Crippen LogP contribution in [0.3, 0.4) is 0 Å². The van der Waals surface area contributed by atoms with E-state index in [1.807, 2.05) is 20.8 Å². The van der Waals surface area contributed by atoms with Gasteiger partial charge in [0.1, 0.15) is 17.8 Å². The van der Waals surface area contributed by atoms with Crippen molar-refractivity contribution in [3.05, 3.63) is 12.7 Å². The zero-order chi connectivity index (χ0) is 12.7. The normalized spacial score (nSPS) is 43.6. The Morgan fingerprint density at radius 3 is 2.71 bits per heavy atom. The molecule has 0 aromatic heterocycles. The van der Waals surface area contributed by atoms with Crippen molar-refractivity contribution in [1.29, 1.82) is 0 Å². The van der Waals surface area contributed by atoms with Crippen molar-refractivity contribution in [3.8, 4) is 0 Å². The SMILES string of the molecule is C=CCO[C@@H]1O[C@H](CO)[C@@H]2OC(C)(C)O[C@]12C. The van der Waals surface area contributed by atoms with Crippen LogP contribution in [0.1, 0.15) is 20.8 Å². The van der Waals surface area contributed by atoms with Crippen LogP contribution in [-0.4, -0.2) is 48.2 Å². The van der Waals surface area contributed by atoms with Gasteiger partial charge in [-0.2, -0.15) is 0 Å². The highest BCUT2D eigenvalue weighted by atomic mass is 16.8. The number of aliphatic hydroxyl groups excluding tert-OH is 1. The van der Waals surface area contributed by atoms with Crippen LogP contribution in [0.2, 0.25) is 0 Å². The van der Waals surface area contributed by atoms with Gasteiger partial charge in [0.2, 0.25) is 0 Å². The van der Waals surface area contributed by atoms with E-state index in [2.05, 4.69) is 6.58 Å². The van der Waals surface area contributed by atoms with E-state index in [0.29, 0.717) is 6.61 Å². The third-order valence-corrected chi connectivity index (χ3v) is 3.09. The average molecular weight is 244 g/mol. The molecule has 2 saturated heterocycles. The zero-order valence-corrected chi connectivity index (χ0v) is 10.5. The largest absolute Gasteiger partial charge is 0.394 e. The van der Waals surface area contributed by atoms with E-state index in [1.54, 1.807) is 6.08 Å². The van der Waals surface area contributed by atoms with Crippen LogP contribution in [0.4, 0.5) is 0 Å². The first-order chi connectivity index (χ1) is 7.93. The first-order valence-electron chi connectivity index (χ1n) is 5.80. The summed E-state index contributed by atoms with van der Waals surface area (Å²) < 4.78 is 22.8. The molecule has 0 bridgehead atoms. The summed E-state index contributed by atoms with van der Waals surface area (Å²) in [6, 6.07) is 0. The van der Waals surface area contributed by atoms with Gasteiger partial charge in [-0.05, 0) is 20.8 Å². The number of aliphatic hydroxyl groups is 1. The fourth-order valence-corrected chi connectivity index (χ4v) is 2.53. The summed E-state index contributed by atoms with van der Waals surface area (Å²) in [7, 11) is 0. The van der Waals surface area contributed by atoms with Crippen LogP contribution in [0.25, 0.3) is 0 Å². The molecule has 5 heteroatoms. The first kappa shape index (κ1) is 13.0. The van der Waals surface area contributed by atoms with Gasteiger partial charge in [-0.1, -0.05) is 6.08 Å². The van der Waals surface area contributed by atoms with Crippen molar-refractivity contribution in [2.75, 3.05) is 13.2 Å². The van der Waals surface area contributed by atoms with Crippen LogP contribution >= 0.6 is 0 Å². The molecule has 0 aromatic rings. The summed E-state index contributed by atoms with van der Waals surface area (Å²) in [5, 5.41) is 9.30. The van der Waals surface area contributed by atoms with Gasteiger partial charge in [-0.3, -0.25) is 0 Å². The molecule has 0 aliphatic carbocycles. The minimum Gasteiger partial charge on any atom is -0.394 e. The molecule has 2 rings (SSSR count). The van der Waals surface area contributed by atoms with Gasteiger partial charge in [0.05, 0.1) is 13.2 Å². The fourth-order valence-electron chi connectivity index (χ4n) is 2.53. The zero-order valence-electron chi connectivity index (χ0n) is 10.5. The molecule has 98 valence electrons. The third-order valence-electron chi connectivity index (χ3n) is 3.09. The molecule has 0 unspecified atom stereocenters. The highest BCUT2D eigenvalue weighted by Crippen LogP contribution is 2.46. The minimum absolute atomic E-state index is 0.117. The number of hydrogen-bond acceptors (Lipinski definition) is 5. The second kappa shape index (κ2) is 4.33. The molecule has 0 aromatic carbocycles. The van der Waals surface area contributed by atoms with Crippen LogP contribution in [0.15, 0.2) is 12.7 Å². The lowest BCUT2D eigenvalue weighted by molar-refractivity contribution is -0.255. The molecule has 0 spiro atoms. The Morgan fingerprint density at radius 1 is 1.41 bits per heavy atom. The maximum absolute atomic E-state index is 9.30. The molecule has 1 N–H and O–H groups in total. The number of fused-ring (bicyclic) bond motifs is 1. The summed E-state index contributed by atoms with van der Waals surface area (Å²) in [5.41, 5.74) is -0.695. The van der Waals surface area contributed by atoms with E-state index in [9.17, 15) is 5.11 Å². The quantitative estimate of drug-likeness (QED) is 0.742. The van der Waals surface area contributed by atoms with Gasteiger partial charge >= 0.3 is 0 Å². The second-order valence-corrected chi connectivity index (χ2v) is 5.04. The Morgan fingerprint density at radius 2 is 2.12 bits per heavy atom. The Kier molecular flexibility index (Phi) is 3.31. The molecule has 17 heavy (non-hydrogen) atoms. The molecular weight excluding hydrogens is 224 g/mol. The highest BCUT2D eigenvalue weighted by molar-refractivity contribution is 5.04. The van der Waals surface area contributed by atoms with Crippen molar-refractivity contribution in [1.82, 2.24) is 0 Å². The fraction of sp³-hybridized carbons (Fsp3) is 0.833. The van der Waals surface area contributed by atoms with Crippen molar-refractivity contribution in [3.63, 3.8) is 0 Å². The van der Waals surface area contributed by atoms with Gasteiger partial charge in [-0.25, -0.2) is 0 Å². The van der Waals surface area contributed by atoms with Gasteiger partial charge in [-0.15, -0.1) is 6.58 Å². The summed E-state index contributed by atoms with van der Waals surface area (Å²) in [6.45, 7) is 9.42. The maximum Gasteiger partial charge on any atom is 0.190 e. The van der Waals surface area contributed by atoms with E-state index in [4.69, 9.17) is 18.9 Å². The third kappa shape index (κ3) is 2.13. The molecular formula is C12H20O5. The molecule has 0 amide bonds. The van der Waals surface area contributed by atoms with E-state index in [1.165, 1.54) is 0 Å². The second-order valence-electron chi connectivity index (χ2n) is 5.04. The summed E-state index contributed by atoms with van der Waals surface area (Å²) in [5.74, 6) is -0.688. The topological polar surface area (TPSA) is 57.2 Å². The maximum atomic E-state index is 9.30. The molecule has 5 nitrogen and oxygen atoms in total. The van der Waals surface area contributed by atoms with E-state index < -0.39 is 23.8 Å². The monoisotopic (exact) mass is 244 g/mol. The predicted octanol–water partition coefficient (Wildman–Crippen LogP) is 0.816. The molecule has 2 fully saturated rings. The summed E-state index contributed by atoms with van der Waals surface area (Å²) >= 11 is 0. The van der Waals surface area contributed by atoms with Crippen LogP contribution in [0.5, 0.6) is 0 Å². The molecule has 0 saturated carbocycles. The van der Waals surface area contributed by atoms with Crippen molar-refractivity contribution in [2.24, 2.45) is 0 Å². The van der Waals surface area contributed by atoms with Crippen LogP contribution < -0.4 is 0 Å². The summed E-state index contributed by atoms with van der Waals surface area (Å²) in [4.78, 5) is 0. The smallest absolute Gasteiger partial charge is 0.190 e. The van der Waals surface area contributed by atoms with E-state index >= 15 is 0 Å². The molecule has 0 radical (unpaired) electrons. The van der Waals surface area contributed by atoms with Crippen LogP contribution in [0, 0.1) is 0 Å². The predicted molar refractivity (Wildman–Crippen MR) is 60.3 cm³/mol. The lowest BCUT2D eigenvalue weighted by Gasteiger charge is -2.28. The molecule has 2 aliphatic heterocycles. The van der Waals surface area contributed by atoms with Crippen LogP contribution in [-0.2, 0) is 18.9 Å². The number of rotatable bonds is 4. The van der Waals surface area contributed by atoms with Crippen molar-refractivity contribution >= 4 is 0 Å². The molecule has 2 heterocycles. The van der Waals surface area contributed by atoms with E-state index in [0.717, 1.165) is 0 Å². The van der Waals surface area contributed by atoms with Crippen molar-refractivity contribution < 1.29 is 24.1 Å². The van der Waals surface area contributed by atoms with Gasteiger partial charge in [0.15, 0.2) is 12.1 Å². The minimum atomic E-state index is -0.695. The van der Waals surface area contributed by atoms with E-state index in [-0.39, 0.29) is 12.7 Å². The Hall–Kier alpha value is -0.460. The Balaban J connectivity index is 2.18. The average Bonchev–Trinajstić information content (AvgIpc) is 2.62. The highest BCUT2D eigenvalue weighted by Gasteiger charge is 2.63. The lowest BCUT2D eigenvalue weighted by atomic mass is 9.98. The first-order valence-corrected chi connectivity index (χ1v) is 5.80. The summed E-state index contributed by atoms with van der Waals surface area (Å²) in [6.07, 6.45) is 0.355. The Bertz CT molecular complexity index is 303. The number of ether oxygens (including phenoxy) is 4.